The molecule has 6 nitrogen and oxygen atoms in total. The molecule has 2 aromatic heterocycles. The summed E-state index contributed by atoms with van der Waals surface area (Å²) in [5, 5.41) is 1.09. The standard InChI is InChI=1S/C14H10ClN3O3S2/c1-18-11(19)7-5-3-4-6-8(7)16-13(18)23-14-17-10(15)9(22-14)12(20)21-2/h3-6H,1-2H3. The average molecular weight is 368 g/mol. The minimum absolute atomic E-state index is 0.0788. The fraction of sp³-hybridized carbons (Fsp3) is 0.143. The molecule has 3 rings (SSSR count). The SMILES string of the molecule is COC(=O)c1sc(Sc2nc3ccccc3c(=O)n2C)nc1Cl. The Morgan fingerprint density at radius 2 is 2.09 bits per heavy atom. The van der Waals surface area contributed by atoms with Gasteiger partial charge in [0.05, 0.1) is 18.0 Å². The molecule has 0 aliphatic heterocycles. The molecule has 0 N–H and O–H groups in total. The van der Waals surface area contributed by atoms with Crippen molar-refractivity contribution in [2.24, 2.45) is 7.05 Å². The number of thiazole rings is 1. The van der Waals surface area contributed by atoms with Crippen molar-refractivity contribution >= 4 is 51.6 Å². The second-order valence-corrected chi connectivity index (χ2v) is 7.04. The van der Waals surface area contributed by atoms with E-state index < -0.39 is 5.97 Å². The van der Waals surface area contributed by atoms with Crippen molar-refractivity contribution in [3.05, 3.63) is 44.6 Å². The number of rotatable bonds is 3. The third-order valence-corrected chi connectivity index (χ3v) is 5.59. The molecule has 0 aliphatic rings. The largest absolute Gasteiger partial charge is 0.465 e. The number of benzene rings is 1. The first kappa shape index (κ1) is 16.0. The molecule has 0 radical (unpaired) electrons. The van der Waals surface area contributed by atoms with Crippen LogP contribution in [0.2, 0.25) is 5.15 Å². The van der Waals surface area contributed by atoms with Gasteiger partial charge in [0, 0.05) is 7.05 Å². The Balaban J connectivity index is 2.04. The van der Waals surface area contributed by atoms with E-state index in [2.05, 4.69) is 14.7 Å². The van der Waals surface area contributed by atoms with Crippen LogP contribution in [0, 0.1) is 0 Å². The van der Waals surface area contributed by atoms with Crippen LogP contribution >= 0.6 is 34.7 Å². The molecule has 0 saturated heterocycles. The van der Waals surface area contributed by atoms with Crippen molar-refractivity contribution in [1.82, 2.24) is 14.5 Å². The lowest BCUT2D eigenvalue weighted by Gasteiger charge is -2.06. The van der Waals surface area contributed by atoms with Crippen molar-refractivity contribution in [1.29, 1.82) is 0 Å². The van der Waals surface area contributed by atoms with Gasteiger partial charge in [-0.3, -0.25) is 9.36 Å². The highest BCUT2D eigenvalue weighted by atomic mass is 35.5. The predicted octanol–water partition coefficient (Wildman–Crippen LogP) is 2.98. The van der Waals surface area contributed by atoms with E-state index in [1.807, 2.05) is 6.07 Å². The Labute approximate surface area is 144 Å². The maximum atomic E-state index is 12.4. The lowest BCUT2D eigenvalue weighted by Crippen LogP contribution is -2.19. The van der Waals surface area contributed by atoms with E-state index in [1.54, 1.807) is 25.2 Å². The molecular weight excluding hydrogens is 358 g/mol. The molecule has 118 valence electrons. The molecule has 0 unspecified atom stereocenters. The van der Waals surface area contributed by atoms with Gasteiger partial charge >= 0.3 is 5.97 Å². The van der Waals surface area contributed by atoms with E-state index in [4.69, 9.17) is 11.6 Å². The number of nitrogens with zero attached hydrogens (tertiary/aromatic N) is 3. The highest BCUT2D eigenvalue weighted by Crippen LogP contribution is 2.34. The van der Waals surface area contributed by atoms with E-state index in [0.717, 1.165) is 11.3 Å². The van der Waals surface area contributed by atoms with E-state index >= 15 is 0 Å². The third-order valence-electron chi connectivity index (χ3n) is 3.06. The van der Waals surface area contributed by atoms with Gasteiger partial charge < -0.3 is 4.74 Å². The molecule has 0 bridgehead atoms. The van der Waals surface area contributed by atoms with E-state index in [9.17, 15) is 9.59 Å². The van der Waals surface area contributed by atoms with Gasteiger partial charge in [-0.2, -0.15) is 0 Å². The Bertz CT molecular complexity index is 968. The summed E-state index contributed by atoms with van der Waals surface area (Å²) >= 11 is 8.22. The smallest absolute Gasteiger partial charge is 0.351 e. The second kappa shape index (κ2) is 6.31. The van der Waals surface area contributed by atoms with Crippen LogP contribution in [0.25, 0.3) is 10.9 Å². The molecule has 3 aromatic rings. The van der Waals surface area contributed by atoms with Crippen LogP contribution in [-0.4, -0.2) is 27.6 Å². The molecule has 9 heteroatoms. The minimum Gasteiger partial charge on any atom is -0.465 e. The molecule has 0 spiro atoms. The van der Waals surface area contributed by atoms with Crippen molar-refractivity contribution < 1.29 is 9.53 Å². The van der Waals surface area contributed by atoms with Crippen molar-refractivity contribution in [2.75, 3.05) is 7.11 Å². The zero-order valence-electron chi connectivity index (χ0n) is 12.1. The molecule has 2 heterocycles. The van der Waals surface area contributed by atoms with Crippen LogP contribution in [0.15, 0.2) is 38.6 Å². The number of ether oxygens (including phenoxy) is 1. The summed E-state index contributed by atoms with van der Waals surface area (Å²) in [7, 11) is 2.92. The van der Waals surface area contributed by atoms with Gasteiger partial charge in [0.1, 0.15) is 0 Å². The maximum Gasteiger partial charge on any atom is 0.351 e. The molecule has 0 atom stereocenters. The molecular formula is C14H10ClN3O3S2. The first-order valence-electron chi connectivity index (χ1n) is 6.39. The summed E-state index contributed by atoms with van der Waals surface area (Å²) in [6, 6.07) is 7.12. The van der Waals surface area contributed by atoms with Crippen LogP contribution in [0.5, 0.6) is 0 Å². The number of para-hydroxylation sites is 1. The molecule has 0 amide bonds. The average Bonchev–Trinajstić information content (AvgIpc) is 2.92. The number of carbonyl (C=O) groups excluding carboxylic acids is 1. The monoisotopic (exact) mass is 367 g/mol. The summed E-state index contributed by atoms with van der Waals surface area (Å²) in [5.41, 5.74) is 0.461. The number of methoxy groups -OCH3 is 1. The van der Waals surface area contributed by atoms with Crippen LogP contribution in [0.4, 0.5) is 0 Å². The molecule has 23 heavy (non-hydrogen) atoms. The number of halogens is 1. The summed E-state index contributed by atoms with van der Waals surface area (Å²) in [4.78, 5) is 32.7. The first-order valence-corrected chi connectivity index (χ1v) is 8.40. The summed E-state index contributed by atoms with van der Waals surface area (Å²) in [5.74, 6) is -0.542. The number of hydrogen-bond donors (Lipinski definition) is 0. The summed E-state index contributed by atoms with van der Waals surface area (Å²) in [6.07, 6.45) is 0. The second-order valence-electron chi connectivity index (χ2n) is 4.47. The van der Waals surface area contributed by atoms with E-state index in [0.29, 0.717) is 20.4 Å². The topological polar surface area (TPSA) is 74.1 Å². The highest BCUT2D eigenvalue weighted by molar-refractivity contribution is 8.00. The van der Waals surface area contributed by atoms with Gasteiger partial charge in [0.25, 0.3) is 5.56 Å². The number of esters is 1. The Kier molecular flexibility index (Phi) is 4.38. The fourth-order valence-electron chi connectivity index (χ4n) is 1.91. The van der Waals surface area contributed by atoms with E-state index in [-0.39, 0.29) is 15.6 Å². The van der Waals surface area contributed by atoms with Crippen LogP contribution in [0.1, 0.15) is 9.67 Å². The number of fused-ring (bicyclic) bond motifs is 1. The number of hydrogen-bond acceptors (Lipinski definition) is 7. The Morgan fingerprint density at radius 3 is 2.83 bits per heavy atom. The molecule has 0 aliphatic carbocycles. The zero-order chi connectivity index (χ0) is 16.6. The number of carbonyl (C=O) groups is 1. The Hall–Kier alpha value is -1.90. The van der Waals surface area contributed by atoms with Crippen LogP contribution in [0.3, 0.4) is 0 Å². The van der Waals surface area contributed by atoms with Crippen molar-refractivity contribution in [3.63, 3.8) is 0 Å². The van der Waals surface area contributed by atoms with Gasteiger partial charge in [0.2, 0.25) is 0 Å². The zero-order valence-corrected chi connectivity index (χ0v) is 14.5. The fourth-order valence-corrected chi connectivity index (χ4v) is 4.20. The van der Waals surface area contributed by atoms with Gasteiger partial charge in [0.15, 0.2) is 19.5 Å². The first-order chi connectivity index (χ1) is 11.0. The highest BCUT2D eigenvalue weighted by Gasteiger charge is 2.19. The van der Waals surface area contributed by atoms with Crippen molar-refractivity contribution in [3.8, 4) is 0 Å². The molecule has 0 fully saturated rings. The molecule has 1 aromatic carbocycles. The molecule has 0 saturated carbocycles. The third kappa shape index (κ3) is 2.97. The minimum atomic E-state index is -0.542. The van der Waals surface area contributed by atoms with Gasteiger partial charge in [-0.15, -0.1) is 0 Å². The Morgan fingerprint density at radius 1 is 1.35 bits per heavy atom. The van der Waals surface area contributed by atoms with E-state index in [1.165, 1.54) is 23.4 Å². The lowest BCUT2D eigenvalue weighted by molar-refractivity contribution is 0.0606. The lowest BCUT2D eigenvalue weighted by atomic mass is 10.2. The quantitative estimate of drug-likeness (QED) is 0.523. The summed E-state index contributed by atoms with van der Waals surface area (Å²) < 4.78 is 6.60. The van der Waals surface area contributed by atoms with Gasteiger partial charge in [-0.05, 0) is 23.9 Å². The summed E-state index contributed by atoms with van der Waals surface area (Å²) in [6.45, 7) is 0. The van der Waals surface area contributed by atoms with Crippen LogP contribution < -0.4 is 5.56 Å². The maximum absolute atomic E-state index is 12.4. The normalized spacial score (nSPS) is 10.9. The number of aromatic nitrogens is 3. The van der Waals surface area contributed by atoms with Gasteiger partial charge in [-0.25, -0.2) is 14.8 Å². The van der Waals surface area contributed by atoms with Gasteiger partial charge in [-0.1, -0.05) is 35.1 Å². The predicted molar refractivity (Wildman–Crippen MR) is 89.6 cm³/mol. The van der Waals surface area contributed by atoms with Crippen molar-refractivity contribution in [2.45, 2.75) is 9.50 Å². The van der Waals surface area contributed by atoms with Crippen LogP contribution in [-0.2, 0) is 11.8 Å².